The molecule has 0 radical (unpaired) electrons. The highest BCUT2D eigenvalue weighted by Gasteiger charge is 2.19. The van der Waals surface area contributed by atoms with Gasteiger partial charge < -0.3 is 5.43 Å². The molecule has 5 heteroatoms. The van der Waals surface area contributed by atoms with E-state index in [9.17, 15) is 0 Å². The van der Waals surface area contributed by atoms with E-state index in [1.165, 1.54) is 0 Å². The molecule has 0 amide bonds. The highest BCUT2D eigenvalue weighted by Crippen LogP contribution is 2.24. The molecule has 5 nitrogen and oxygen atoms in total. The summed E-state index contributed by atoms with van der Waals surface area (Å²) in [6.07, 6.45) is 3.58. The second-order valence-corrected chi connectivity index (χ2v) is 6.15. The van der Waals surface area contributed by atoms with Gasteiger partial charge in [0, 0.05) is 17.9 Å². The molecule has 1 N–H and O–H groups in total. The minimum Gasteiger partial charge on any atom is -0.317 e. The van der Waals surface area contributed by atoms with Crippen LogP contribution >= 0.6 is 0 Å². The van der Waals surface area contributed by atoms with Crippen LogP contribution < -0.4 is 5.43 Å². The van der Waals surface area contributed by atoms with Crippen LogP contribution in [0.15, 0.2) is 36.7 Å². The van der Waals surface area contributed by atoms with Gasteiger partial charge in [-0.05, 0) is 51.5 Å². The third kappa shape index (κ3) is 2.59. The lowest BCUT2D eigenvalue weighted by Gasteiger charge is -2.24. The molecule has 0 saturated heterocycles. The van der Waals surface area contributed by atoms with E-state index in [4.69, 9.17) is 4.98 Å². The Bertz CT molecular complexity index is 768. The van der Waals surface area contributed by atoms with Crippen LogP contribution in [0.2, 0.25) is 0 Å². The number of pyridine rings is 2. The summed E-state index contributed by atoms with van der Waals surface area (Å²) in [5, 5.41) is 0. The number of fused-ring (bicyclic) bond motifs is 1. The number of nitrogens with zero attached hydrogens (tertiary/aromatic N) is 4. The average Bonchev–Trinajstić information content (AvgIpc) is 2.78. The van der Waals surface area contributed by atoms with Crippen molar-refractivity contribution >= 4 is 11.2 Å². The molecule has 0 spiro atoms. The summed E-state index contributed by atoms with van der Waals surface area (Å²) >= 11 is 0. The SMILES string of the molecule is Cc1ccnc2c1nc(-c1ccccn1)n2NC(C)(C)C. The minimum atomic E-state index is -0.109. The van der Waals surface area contributed by atoms with Crippen LogP contribution in [0.4, 0.5) is 0 Å². The standard InChI is InChI=1S/C16H19N5/c1-11-8-10-18-15-13(11)19-14(12-7-5-6-9-17-12)21(15)20-16(2,3)4/h5-10,20H,1-4H3. The number of nitrogens with one attached hydrogen (secondary N) is 1. The van der Waals surface area contributed by atoms with E-state index in [2.05, 4.69) is 36.2 Å². The molecule has 0 aliphatic carbocycles. The molecule has 0 unspecified atom stereocenters. The Balaban J connectivity index is 2.28. The van der Waals surface area contributed by atoms with E-state index in [-0.39, 0.29) is 5.54 Å². The lowest BCUT2D eigenvalue weighted by Crippen LogP contribution is -2.34. The summed E-state index contributed by atoms with van der Waals surface area (Å²) in [4.78, 5) is 13.6. The van der Waals surface area contributed by atoms with Crippen molar-refractivity contribution in [3.05, 3.63) is 42.2 Å². The van der Waals surface area contributed by atoms with Gasteiger partial charge in [0.05, 0.1) is 0 Å². The summed E-state index contributed by atoms with van der Waals surface area (Å²) in [7, 11) is 0. The first-order valence-electron chi connectivity index (χ1n) is 6.99. The first kappa shape index (κ1) is 13.5. The van der Waals surface area contributed by atoms with Gasteiger partial charge in [0.2, 0.25) is 0 Å². The maximum absolute atomic E-state index is 4.74. The Morgan fingerprint density at radius 3 is 2.52 bits per heavy atom. The quantitative estimate of drug-likeness (QED) is 0.784. The summed E-state index contributed by atoms with van der Waals surface area (Å²) in [6.45, 7) is 8.37. The fourth-order valence-electron chi connectivity index (χ4n) is 2.20. The molecule has 0 aromatic carbocycles. The molecule has 3 aromatic rings. The Hall–Kier alpha value is -2.43. The monoisotopic (exact) mass is 281 g/mol. The average molecular weight is 281 g/mol. The van der Waals surface area contributed by atoms with E-state index < -0.39 is 0 Å². The van der Waals surface area contributed by atoms with Crippen LogP contribution in [-0.4, -0.2) is 25.2 Å². The molecule has 0 fully saturated rings. The molecule has 3 rings (SSSR count). The summed E-state index contributed by atoms with van der Waals surface area (Å²) in [6, 6.07) is 7.79. The first-order valence-corrected chi connectivity index (χ1v) is 6.99. The zero-order valence-corrected chi connectivity index (χ0v) is 12.8. The Morgan fingerprint density at radius 2 is 1.86 bits per heavy atom. The number of imidazole rings is 1. The van der Waals surface area contributed by atoms with Crippen LogP contribution in [0.5, 0.6) is 0 Å². The lowest BCUT2D eigenvalue weighted by atomic mass is 10.1. The molecule has 108 valence electrons. The van der Waals surface area contributed by atoms with Crippen molar-refractivity contribution in [3.8, 4) is 11.5 Å². The summed E-state index contributed by atoms with van der Waals surface area (Å²) < 4.78 is 1.94. The molecule has 0 saturated carbocycles. The van der Waals surface area contributed by atoms with Crippen LogP contribution in [0.1, 0.15) is 26.3 Å². The molecule has 0 aliphatic heterocycles. The van der Waals surface area contributed by atoms with E-state index >= 15 is 0 Å². The van der Waals surface area contributed by atoms with Gasteiger partial charge in [-0.3, -0.25) is 4.98 Å². The molecular formula is C16H19N5. The zero-order valence-electron chi connectivity index (χ0n) is 12.8. The Kier molecular flexibility index (Phi) is 3.12. The topological polar surface area (TPSA) is 55.6 Å². The highest BCUT2D eigenvalue weighted by molar-refractivity contribution is 5.79. The smallest absolute Gasteiger partial charge is 0.180 e. The van der Waals surface area contributed by atoms with Crippen molar-refractivity contribution in [3.63, 3.8) is 0 Å². The number of hydrogen-bond acceptors (Lipinski definition) is 4. The maximum Gasteiger partial charge on any atom is 0.180 e. The van der Waals surface area contributed by atoms with Gasteiger partial charge in [0.25, 0.3) is 0 Å². The minimum absolute atomic E-state index is 0.109. The van der Waals surface area contributed by atoms with E-state index in [0.29, 0.717) is 0 Å². The van der Waals surface area contributed by atoms with Crippen molar-refractivity contribution in [2.24, 2.45) is 0 Å². The fraction of sp³-hybridized carbons (Fsp3) is 0.312. The Labute approximate surface area is 124 Å². The summed E-state index contributed by atoms with van der Waals surface area (Å²) in [5.74, 6) is 0.780. The zero-order chi connectivity index (χ0) is 15.0. The number of aromatic nitrogens is 4. The number of rotatable bonds is 2. The second-order valence-electron chi connectivity index (χ2n) is 6.15. The first-order chi connectivity index (χ1) is 9.96. The van der Waals surface area contributed by atoms with Crippen molar-refractivity contribution in [1.82, 2.24) is 19.6 Å². The molecule has 3 aromatic heterocycles. The van der Waals surface area contributed by atoms with Gasteiger partial charge in [-0.2, -0.15) is 0 Å². The molecule has 3 heterocycles. The molecule has 0 aliphatic rings. The molecule has 0 atom stereocenters. The van der Waals surface area contributed by atoms with Gasteiger partial charge in [-0.25, -0.2) is 14.6 Å². The molecule has 21 heavy (non-hydrogen) atoms. The van der Waals surface area contributed by atoms with Gasteiger partial charge in [0.15, 0.2) is 11.5 Å². The van der Waals surface area contributed by atoms with Gasteiger partial charge in [-0.15, -0.1) is 0 Å². The van der Waals surface area contributed by atoms with Crippen molar-refractivity contribution in [1.29, 1.82) is 0 Å². The molecule has 0 bridgehead atoms. The highest BCUT2D eigenvalue weighted by atomic mass is 15.5. The predicted molar refractivity (Wildman–Crippen MR) is 84.6 cm³/mol. The largest absolute Gasteiger partial charge is 0.317 e. The van der Waals surface area contributed by atoms with Crippen LogP contribution in [-0.2, 0) is 0 Å². The fourth-order valence-corrected chi connectivity index (χ4v) is 2.20. The van der Waals surface area contributed by atoms with Gasteiger partial charge in [0.1, 0.15) is 11.2 Å². The number of aryl methyl sites for hydroxylation is 1. The van der Waals surface area contributed by atoms with E-state index in [1.807, 2.05) is 42.1 Å². The van der Waals surface area contributed by atoms with Crippen LogP contribution in [0.25, 0.3) is 22.7 Å². The van der Waals surface area contributed by atoms with Crippen molar-refractivity contribution in [2.75, 3.05) is 5.43 Å². The van der Waals surface area contributed by atoms with Crippen LogP contribution in [0, 0.1) is 6.92 Å². The number of hydrogen-bond donors (Lipinski definition) is 1. The third-order valence-electron chi connectivity index (χ3n) is 3.09. The van der Waals surface area contributed by atoms with Crippen LogP contribution in [0.3, 0.4) is 0 Å². The normalized spacial score (nSPS) is 11.8. The molecular weight excluding hydrogens is 262 g/mol. The Morgan fingerprint density at radius 1 is 1.05 bits per heavy atom. The second kappa shape index (κ2) is 4.84. The van der Waals surface area contributed by atoms with Gasteiger partial charge >= 0.3 is 0 Å². The lowest BCUT2D eigenvalue weighted by molar-refractivity contribution is 0.561. The summed E-state index contributed by atoms with van der Waals surface area (Å²) in [5.41, 5.74) is 6.99. The maximum atomic E-state index is 4.74. The van der Waals surface area contributed by atoms with E-state index in [0.717, 1.165) is 28.2 Å². The third-order valence-corrected chi connectivity index (χ3v) is 3.09. The van der Waals surface area contributed by atoms with Gasteiger partial charge in [-0.1, -0.05) is 6.07 Å². The van der Waals surface area contributed by atoms with Crippen molar-refractivity contribution < 1.29 is 0 Å². The van der Waals surface area contributed by atoms with E-state index in [1.54, 1.807) is 6.20 Å². The predicted octanol–water partition coefficient (Wildman–Crippen LogP) is 3.14. The van der Waals surface area contributed by atoms with Crippen molar-refractivity contribution in [2.45, 2.75) is 33.2 Å².